The van der Waals surface area contributed by atoms with E-state index in [-0.39, 0.29) is 0 Å². The molecular weight excluding hydrogens is 252 g/mol. The van der Waals surface area contributed by atoms with Gasteiger partial charge in [0.1, 0.15) is 0 Å². The Morgan fingerprint density at radius 3 is 2.72 bits per heavy atom. The second-order valence-corrected chi connectivity index (χ2v) is 6.76. The zero-order chi connectivity index (χ0) is 13.4. The fraction of sp³-hybridized carbons (Fsp3) is 1.00. The standard InChI is InChI=1S/C12H26N2O3S/c1-3-14(18(2,15)16)10-5-8-13-9-7-12-6-4-11-17-12/h12-13H,3-11H2,1-2H3. The molecule has 1 atom stereocenters. The molecule has 18 heavy (non-hydrogen) atoms. The molecule has 1 aliphatic heterocycles. The summed E-state index contributed by atoms with van der Waals surface area (Å²) in [5.41, 5.74) is 0. The topological polar surface area (TPSA) is 58.6 Å². The number of nitrogens with zero attached hydrogens (tertiary/aromatic N) is 1. The Morgan fingerprint density at radius 2 is 2.17 bits per heavy atom. The zero-order valence-electron chi connectivity index (χ0n) is 11.5. The number of nitrogens with one attached hydrogen (secondary N) is 1. The molecule has 0 aromatic rings. The first-order chi connectivity index (χ1) is 8.54. The lowest BCUT2D eigenvalue weighted by atomic mass is 10.2. The van der Waals surface area contributed by atoms with Crippen molar-refractivity contribution in [2.75, 3.05) is 39.0 Å². The second-order valence-electron chi connectivity index (χ2n) is 4.78. The monoisotopic (exact) mass is 278 g/mol. The molecule has 0 saturated carbocycles. The van der Waals surface area contributed by atoms with E-state index in [4.69, 9.17) is 4.74 Å². The number of rotatable bonds is 9. The maximum atomic E-state index is 11.3. The third-order valence-electron chi connectivity index (χ3n) is 3.25. The van der Waals surface area contributed by atoms with Crippen molar-refractivity contribution in [3.8, 4) is 0 Å². The third-order valence-corrected chi connectivity index (χ3v) is 4.63. The van der Waals surface area contributed by atoms with E-state index >= 15 is 0 Å². The Hall–Kier alpha value is -0.170. The van der Waals surface area contributed by atoms with E-state index in [1.807, 2.05) is 6.92 Å². The van der Waals surface area contributed by atoms with Crippen molar-refractivity contribution in [3.63, 3.8) is 0 Å². The highest BCUT2D eigenvalue weighted by Crippen LogP contribution is 2.14. The lowest BCUT2D eigenvalue weighted by Crippen LogP contribution is -2.32. The maximum absolute atomic E-state index is 11.3. The van der Waals surface area contributed by atoms with Gasteiger partial charge in [0, 0.05) is 19.7 Å². The van der Waals surface area contributed by atoms with Crippen LogP contribution in [0.4, 0.5) is 0 Å². The Labute approximate surface area is 111 Å². The lowest BCUT2D eigenvalue weighted by molar-refractivity contribution is 0.104. The maximum Gasteiger partial charge on any atom is 0.211 e. The number of hydrogen-bond acceptors (Lipinski definition) is 4. The molecule has 0 aromatic carbocycles. The summed E-state index contributed by atoms with van der Waals surface area (Å²) in [6.45, 7) is 5.74. The smallest absolute Gasteiger partial charge is 0.211 e. The predicted molar refractivity (Wildman–Crippen MR) is 73.2 cm³/mol. The van der Waals surface area contributed by atoms with Gasteiger partial charge in [-0.2, -0.15) is 0 Å². The quantitative estimate of drug-likeness (QED) is 0.634. The van der Waals surface area contributed by atoms with Crippen molar-refractivity contribution in [2.45, 2.75) is 38.7 Å². The molecule has 0 amide bonds. The Morgan fingerprint density at radius 1 is 1.39 bits per heavy atom. The van der Waals surface area contributed by atoms with Crippen LogP contribution < -0.4 is 5.32 Å². The Balaban J connectivity index is 2.00. The highest BCUT2D eigenvalue weighted by molar-refractivity contribution is 7.88. The fourth-order valence-corrected chi connectivity index (χ4v) is 3.13. The lowest BCUT2D eigenvalue weighted by Gasteiger charge is -2.17. The summed E-state index contributed by atoms with van der Waals surface area (Å²) in [4.78, 5) is 0. The van der Waals surface area contributed by atoms with Crippen LogP contribution in [-0.2, 0) is 14.8 Å². The van der Waals surface area contributed by atoms with Crippen LogP contribution in [0.1, 0.15) is 32.6 Å². The molecule has 1 fully saturated rings. The van der Waals surface area contributed by atoms with E-state index in [1.165, 1.54) is 23.4 Å². The first-order valence-corrected chi connectivity index (χ1v) is 8.66. The van der Waals surface area contributed by atoms with Crippen LogP contribution in [0.3, 0.4) is 0 Å². The molecule has 0 radical (unpaired) electrons. The van der Waals surface area contributed by atoms with Gasteiger partial charge in [-0.25, -0.2) is 12.7 Å². The number of sulfonamides is 1. The summed E-state index contributed by atoms with van der Waals surface area (Å²) in [5.74, 6) is 0. The first-order valence-electron chi connectivity index (χ1n) is 6.81. The highest BCUT2D eigenvalue weighted by atomic mass is 32.2. The SMILES string of the molecule is CCN(CCCNCCC1CCCO1)S(C)(=O)=O. The molecule has 1 saturated heterocycles. The van der Waals surface area contributed by atoms with E-state index in [9.17, 15) is 8.42 Å². The Kier molecular flexibility index (Phi) is 7.14. The van der Waals surface area contributed by atoms with Crippen LogP contribution in [0.5, 0.6) is 0 Å². The van der Waals surface area contributed by atoms with E-state index in [0.29, 0.717) is 19.2 Å². The van der Waals surface area contributed by atoms with E-state index in [1.54, 1.807) is 0 Å². The van der Waals surface area contributed by atoms with Gasteiger partial charge in [0.05, 0.1) is 12.4 Å². The summed E-state index contributed by atoms with van der Waals surface area (Å²) in [6.07, 6.45) is 5.97. The molecule has 6 heteroatoms. The van der Waals surface area contributed by atoms with Crippen LogP contribution in [0.15, 0.2) is 0 Å². The van der Waals surface area contributed by atoms with Crippen LogP contribution in [-0.4, -0.2) is 57.9 Å². The highest BCUT2D eigenvalue weighted by Gasteiger charge is 2.15. The molecule has 1 heterocycles. The van der Waals surface area contributed by atoms with Gasteiger partial charge < -0.3 is 10.1 Å². The third kappa shape index (κ3) is 6.13. The second kappa shape index (κ2) is 8.09. The van der Waals surface area contributed by atoms with Crippen molar-refractivity contribution < 1.29 is 13.2 Å². The summed E-state index contributed by atoms with van der Waals surface area (Å²) in [7, 11) is -3.04. The minimum atomic E-state index is -3.04. The average molecular weight is 278 g/mol. The predicted octanol–water partition coefficient (Wildman–Crippen LogP) is 0.817. The molecule has 108 valence electrons. The van der Waals surface area contributed by atoms with Crippen molar-refractivity contribution in [1.82, 2.24) is 9.62 Å². The molecule has 0 aliphatic carbocycles. The van der Waals surface area contributed by atoms with Crippen molar-refractivity contribution in [3.05, 3.63) is 0 Å². The van der Waals surface area contributed by atoms with Crippen LogP contribution in [0, 0.1) is 0 Å². The zero-order valence-corrected chi connectivity index (χ0v) is 12.3. The van der Waals surface area contributed by atoms with Gasteiger partial charge in [0.25, 0.3) is 0 Å². The molecule has 0 spiro atoms. The first kappa shape index (κ1) is 15.9. The summed E-state index contributed by atoms with van der Waals surface area (Å²) in [5, 5.41) is 3.34. The van der Waals surface area contributed by atoms with Crippen molar-refractivity contribution >= 4 is 10.0 Å². The minimum absolute atomic E-state index is 0.431. The normalized spacial score (nSPS) is 20.7. The van der Waals surface area contributed by atoms with E-state index < -0.39 is 10.0 Å². The van der Waals surface area contributed by atoms with Crippen molar-refractivity contribution in [1.29, 1.82) is 0 Å². The van der Waals surface area contributed by atoms with Gasteiger partial charge in [-0.3, -0.25) is 0 Å². The molecule has 1 N–H and O–H groups in total. The van der Waals surface area contributed by atoms with E-state index in [0.717, 1.165) is 32.5 Å². The molecular formula is C12H26N2O3S. The summed E-state index contributed by atoms with van der Waals surface area (Å²) < 4.78 is 29.7. The van der Waals surface area contributed by atoms with E-state index in [2.05, 4.69) is 5.32 Å². The van der Waals surface area contributed by atoms with Crippen LogP contribution in [0.2, 0.25) is 0 Å². The van der Waals surface area contributed by atoms with Gasteiger partial charge in [0.15, 0.2) is 0 Å². The van der Waals surface area contributed by atoms with Gasteiger partial charge in [-0.15, -0.1) is 0 Å². The summed E-state index contributed by atoms with van der Waals surface area (Å²) in [6, 6.07) is 0. The molecule has 1 unspecified atom stereocenters. The number of hydrogen-bond donors (Lipinski definition) is 1. The molecule has 1 aliphatic rings. The minimum Gasteiger partial charge on any atom is -0.378 e. The molecule has 5 nitrogen and oxygen atoms in total. The Bertz CT molecular complexity index is 313. The molecule has 1 rings (SSSR count). The fourth-order valence-electron chi connectivity index (χ4n) is 2.20. The van der Waals surface area contributed by atoms with Gasteiger partial charge in [-0.1, -0.05) is 6.92 Å². The van der Waals surface area contributed by atoms with Gasteiger partial charge >= 0.3 is 0 Å². The van der Waals surface area contributed by atoms with Gasteiger partial charge in [0.2, 0.25) is 10.0 Å². The largest absolute Gasteiger partial charge is 0.378 e. The summed E-state index contributed by atoms with van der Waals surface area (Å²) >= 11 is 0. The van der Waals surface area contributed by atoms with Crippen molar-refractivity contribution in [2.24, 2.45) is 0 Å². The van der Waals surface area contributed by atoms with Gasteiger partial charge in [-0.05, 0) is 38.8 Å². The van der Waals surface area contributed by atoms with Crippen LogP contribution >= 0.6 is 0 Å². The number of ether oxygens (including phenoxy) is 1. The average Bonchev–Trinajstić information content (AvgIpc) is 2.79. The van der Waals surface area contributed by atoms with Crippen LogP contribution in [0.25, 0.3) is 0 Å². The molecule has 0 bridgehead atoms. The molecule has 0 aromatic heterocycles.